The molecule has 32 heavy (non-hydrogen) atoms. The van der Waals surface area contributed by atoms with Gasteiger partial charge in [-0.25, -0.2) is 14.4 Å². The molecule has 2 heterocycles. The van der Waals surface area contributed by atoms with Crippen LogP contribution in [0.5, 0.6) is 0 Å². The van der Waals surface area contributed by atoms with Crippen molar-refractivity contribution in [1.82, 2.24) is 25.5 Å². The lowest BCUT2D eigenvalue weighted by Crippen LogP contribution is -2.50. The van der Waals surface area contributed by atoms with Crippen LogP contribution in [0, 0.1) is 5.82 Å². The Morgan fingerprint density at radius 3 is 2.47 bits per heavy atom. The summed E-state index contributed by atoms with van der Waals surface area (Å²) >= 11 is 0. The van der Waals surface area contributed by atoms with Crippen LogP contribution >= 0.6 is 0 Å². The largest absolute Gasteiger partial charge is 0.356 e. The third-order valence-corrected chi connectivity index (χ3v) is 6.22. The van der Waals surface area contributed by atoms with Gasteiger partial charge in [-0.2, -0.15) is 0 Å². The number of rotatable bonds is 7. The topological polar surface area (TPSA) is 85.8 Å². The van der Waals surface area contributed by atoms with Gasteiger partial charge in [-0.15, -0.1) is 0 Å². The third kappa shape index (κ3) is 5.15. The van der Waals surface area contributed by atoms with Gasteiger partial charge in [0.1, 0.15) is 5.82 Å². The lowest BCUT2D eigenvalue weighted by Gasteiger charge is -2.34. The maximum atomic E-state index is 14.2. The van der Waals surface area contributed by atoms with E-state index in [-0.39, 0.29) is 17.1 Å². The number of benzene rings is 1. The molecule has 1 saturated carbocycles. The van der Waals surface area contributed by atoms with Gasteiger partial charge < -0.3 is 20.4 Å². The lowest BCUT2D eigenvalue weighted by molar-refractivity contribution is -0.131. The van der Waals surface area contributed by atoms with Crippen molar-refractivity contribution in [2.24, 2.45) is 4.99 Å². The Labute approximate surface area is 188 Å². The third-order valence-electron chi connectivity index (χ3n) is 6.22. The molecule has 0 bridgehead atoms. The molecule has 0 atom stereocenters. The number of aromatic nitrogens is 2. The number of guanidine groups is 1. The van der Waals surface area contributed by atoms with E-state index in [1.54, 1.807) is 31.6 Å². The molecule has 1 amide bonds. The van der Waals surface area contributed by atoms with Crippen LogP contribution in [0.1, 0.15) is 24.8 Å². The summed E-state index contributed by atoms with van der Waals surface area (Å²) in [5.74, 6) is 1.30. The molecule has 1 aromatic heterocycles. The first-order chi connectivity index (χ1) is 15.6. The highest BCUT2D eigenvalue weighted by Gasteiger charge is 2.45. The van der Waals surface area contributed by atoms with Gasteiger partial charge in [0.15, 0.2) is 5.96 Å². The normalized spacial score (nSPS) is 17.8. The predicted molar refractivity (Wildman–Crippen MR) is 122 cm³/mol. The van der Waals surface area contributed by atoms with E-state index in [0.29, 0.717) is 44.5 Å². The van der Waals surface area contributed by atoms with Gasteiger partial charge in [-0.05, 0) is 30.5 Å². The Morgan fingerprint density at radius 1 is 1.09 bits per heavy atom. The molecule has 0 radical (unpaired) electrons. The van der Waals surface area contributed by atoms with Crippen molar-refractivity contribution in [2.45, 2.75) is 24.7 Å². The summed E-state index contributed by atoms with van der Waals surface area (Å²) in [4.78, 5) is 29.4. The molecule has 1 aliphatic carbocycles. The summed E-state index contributed by atoms with van der Waals surface area (Å²) in [6.07, 6.45) is 5.76. The van der Waals surface area contributed by atoms with E-state index in [1.807, 2.05) is 17.0 Å². The quantitative estimate of drug-likeness (QED) is 0.503. The Hall–Kier alpha value is -3.23. The minimum atomic E-state index is -0.166. The molecule has 9 heteroatoms. The van der Waals surface area contributed by atoms with Gasteiger partial charge >= 0.3 is 0 Å². The Morgan fingerprint density at radius 2 is 1.81 bits per heavy atom. The Bertz CT molecular complexity index is 940. The Balaban J connectivity index is 1.19. The molecular formula is C23H30FN7O. The summed E-state index contributed by atoms with van der Waals surface area (Å²) in [5, 5.41) is 6.51. The van der Waals surface area contributed by atoms with Crippen LogP contribution in [-0.4, -0.2) is 73.1 Å². The SMILES string of the molecule is CN=C(NCCC(=O)N1CCN(c2ncccn2)CC1)NCC1(c2ccccc2F)CC1. The lowest BCUT2D eigenvalue weighted by atomic mass is 9.95. The molecule has 4 rings (SSSR count). The van der Waals surface area contributed by atoms with Crippen molar-refractivity contribution in [3.63, 3.8) is 0 Å². The minimum absolute atomic E-state index is 0.117. The molecule has 2 aliphatic rings. The number of amides is 1. The molecule has 2 aromatic rings. The second kappa shape index (κ2) is 9.93. The standard InChI is InChI=1S/C23H30FN7O/c1-25-21(29-17-23(8-9-23)18-5-2-3-6-19(18)24)26-12-7-20(32)30-13-15-31(16-14-30)22-27-10-4-11-28-22/h2-6,10-11H,7-9,12-17H2,1H3,(H2,25,26,29). The average Bonchev–Trinajstić information content (AvgIpc) is 3.63. The highest BCUT2D eigenvalue weighted by molar-refractivity contribution is 5.81. The van der Waals surface area contributed by atoms with Crippen molar-refractivity contribution in [1.29, 1.82) is 0 Å². The van der Waals surface area contributed by atoms with Crippen LogP contribution in [-0.2, 0) is 10.2 Å². The van der Waals surface area contributed by atoms with Gasteiger partial charge in [0.25, 0.3) is 0 Å². The van der Waals surface area contributed by atoms with Gasteiger partial charge in [-0.1, -0.05) is 18.2 Å². The van der Waals surface area contributed by atoms with E-state index >= 15 is 0 Å². The van der Waals surface area contributed by atoms with E-state index in [9.17, 15) is 9.18 Å². The first-order valence-corrected chi connectivity index (χ1v) is 11.1. The van der Waals surface area contributed by atoms with Crippen molar-refractivity contribution in [3.8, 4) is 0 Å². The van der Waals surface area contributed by atoms with Crippen LogP contribution < -0.4 is 15.5 Å². The van der Waals surface area contributed by atoms with Crippen molar-refractivity contribution in [2.75, 3.05) is 51.2 Å². The van der Waals surface area contributed by atoms with Crippen LogP contribution in [0.4, 0.5) is 10.3 Å². The number of aliphatic imine (C=N–C) groups is 1. The highest BCUT2D eigenvalue weighted by Crippen LogP contribution is 2.48. The van der Waals surface area contributed by atoms with E-state index < -0.39 is 0 Å². The molecule has 2 N–H and O–H groups in total. The van der Waals surface area contributed by atoms with Gasteiger partial charge in [0.05, 0.1) is 0 Å². The summed E-state index contributed by atoms with van der Waals surface area (Å²) in [5.41, 5.74) is 0.596. The van der Waals surface area contributed by atoms with Crippen LogP contribution in [0.15, 0.2) is 47.7 Å². The monoisotopic (exact) mass is 439 g/mol. The predicted octanol–water partition coefficient (Wildman–Crippen LogP) is 1.55. The molecular weight excluding hydrogens is 409 g/mol. The van der Waals surface area contributed by atoms with E-state index in [0.717, 1.165) is 31.5 Å². The fourth-order valence-corrected chi connectivity index (χ4v) is 4.11. The minimum Gasteiger partial charge on any atom is -0.356 e. The molecule has 2 fully saturated rings. The second-order valence-corrected chi connectivity index (χ2v) is 8.28. The van der Waals surface area contributed by atoms with Gasteiger partial charge in [-0.3, -0.25) is 9.79 Å². The smallest absolute Gasteiger partial charge is 0.225 e. The van der Waals surface area contributed by atoms with Crippen LogP contribution in [0.25, 0.3) is 0 Å². The summed E-state index contributed by atoms with van der Waals surface area (Å²) in [7, 11) is 1.70. The summed E-state index contributed by atoms with van der Waals surface area (Å²) in [6.45, 7) is 3.89. The number of hydrogen-bond acceptors (Lipinski definition) is 5. The maximum Gasteiger partial charge on any atom is 0.225 e. The number of hydrogen-bond donors (Lipinski definition) is 2. The van der Waals surface area contributed by atoms with Crippen molar-refractivity contribution in [3.05, 3.63) is 54.1 Å². The van der Waals surface area contributed by atoms with Gasteiger partial charge in [0.2, 0.25) is 11.9 Å². The number of anilines is 1. The highest BCUT2D eigenvalue weighted by atomic mass is 19.1. The number of piperazine rings is 1. The van der Waals surface area contributed by atoms with E-state index in [4.69, 9.17) is 0 Å². The number of nitrogens with one attached hydrogen (secondary N) is 2. The molecule has 170 valence electrons. The fourth-order valence-electron chi connectivity index (χ4n) is 4.11. The molecule has 8 nitrogen and oxygen atoms in total. The fraction of sp³-hybridized carbons (Fsp3) is 0.478. The second-order valence-electron chi connectivity index (χ2n) is 8.28. The summed E-state index contributed by atoms with van der Waals surface area (Å²) < 4.78 is 14.2. The van der Waals surface area contributed by atoms with Crippen LogP contribution in [0.2, 0.25) is 0 Å². The first-order valence-electron chi connectivity index (χ1n) is 11.1. The van der Waals surface area contributed by atoms with Gasteiger partial charge in [0, 0.05) is 70.5 Å². The molecule has 1 aliphatic heterocycles. The van der Waals surface area contributed by atoms with Crippen molar-refractivity contribution >= 4 is 17.8 Å². The molecule has 0 unspecified atom stereocenters. The molecule has 1 saturated heterocycles. The van der Waals surface area contributed by atoms with Crippen LogP contribution in [0.3, 0.4) is 0 Å². The number of carbonyl (C=O) groups is 1. The number of carbonyl (C=O) groups excluding carboxylic acids is 1. The van der Waals surface area contributed by atoms with Crippen molar-refractivity contribution < 1.29 is 9.18 Å². The zero-order valence-corrected chi connectivity index (χ0v) is 18.4. The zero-order valence-electron chi connectivity index (χ0n) is 18.4. The molecule has 1 aromatic carbocycles. The average molecular weight is 440 g/mol. The van der Waals surface area contributed by atoms with E-state index in [1.165, 1.54) is 6.07 Å². The number of nitrogens with zero attached hydrogens (tertiary/aromatic N) is 5. The zero-order chi connectivity index (χ0) is 22.4. The molecule has 0 spiro atoms. The number of halogens is 1. The summed E-state index contributed by atoms with van der Waals surface area (Å²) in [6, 6.07) is 8.77. The van der Waals surface area contributed by atoms with E-state index in [2.05, 4.69) is 30.5 Å². The maximum absolute atomic E-state index is 14.2. The Kier molecular flexibility index (Phi) is 6.82. The first kappa shape index (κ1) is 22.0.